The third-order valence-electron chi connectivity index (χ3n) is 3.24. The fraction of sp³-hybridized carbons (Fsp3) is 0.250. The predicted molar refractivity (Wildman–Crippen MR) is 77.8 cm³/mol. The quantitative estimate of drug-likeness (QED) is 0.891. The second-order valence-electron chi connectivity index (χ2n) is 4.58. The smallest absolute Gasteiger partial charge is 0.126 e. The molecular weight excluding hydrogens is 222 g/mol. The van der Waals surface area contributed by atoms with Crippen LogP contribution in [0.5, 0.6) is 5.75 Å². The summed E-state index contributed by atoms with van der Waals surface area (Å²) in [4.78, 5) is 0. The Hall–Kier alpha value is -1.80. The average molecular weight is 241 g/mol. The van der Waals surface area contributed by atoms with E-state index in [1.165, 1.54) is 10.8 Å². The molecule has 0 saturated carbocycles. The van der Waals surface area contributed by atoms with Crippen LogP contribution in [-0.4, -0.2) is 13.2 Å². The van der Waals surface area contributed by atoms with Crippen LogP contribution in [0, 0.1) is 0 Å². The summed E-state index contributed by atoms with van der Waals surface area (Å²) < 4.78 is 5.45. The summed E-state index contributed by atoms with van der Waals surface area (Å²) in [7, 11) is 1.70. The van der Waals surface area contributed by atoms with E-state index >= 15 is 0 Å². The Kier molecular flexibility index (Phi) is 3.68. The summed E-state index contributed by atoms with van der Waals surface area (Å²) in [5, 5.41) is 2.40. The minimum atomic E-state index is 0.0497. The lowest BCUT2D eigenvalue weighted by Gasteiger charge is -2.11. The number of methoxy groups -OCH3 is 1. The molecule has 18 heavy (non-hydrogen) atoms. The summed E-state index contributed by atoms with van der Waals surface area (Å²) >= 11 is 0. The molecule has 2 nitrogen and oxygen atoms in total. The van der Waals surface area contributed by atoms with Crippen LogP contribution < -0.4 is 10.5 Å². The topological polar surface area (TPSA) is 35.2 Å². The van der Waals surface area contributed by atoms with E-state index in [0.717, 1.165) is 16.9 Å². The minimum absolute atomic E-state index is 0.0497. The summed E-state index contributed by atoms with van der Waals surface area (Å²) in [6.45, 7) is 4.04. The fourth-order valence-electron chi connectivity index (χ4n) is 1.96. The van der Waals surface area contributed by atoms with Crippen molar-refractivity contribution in [2.75, 3.05) is 7.11 Å². The van der Waals surface area contributed by atoms with Crippen molar-refractivity contribution in [3.63, 3.8) is 0 Å². The van der Waals surface area contributed by atoms with Gasteiger partial charge in [0.25, 0.3) is 0 Å². The van der Waals surface area contributed by atoms with Crippen LogP contribution in [0.25, 0.3) is 16.8 Å². The second kappa shape index (κ2) is 5.23. The van der Waals surface area contributed by atoms with Crippen LogP contribution in [0.4, 0.5) is 0 Å². The molecule has 0 aliphatic carbocycles. The van der Waals surface area contributed by atoms with E-state index in [2.05, 4.69) is 24.3 Å². The Morgan fingerprint density at radius 3 is 2.61 bits per heavy atom. The number of fused-ring (bicyclic) bond motifs is 1. The van der Waals surface area contributed by atoms with Crippen molar-refractivity contribution in [3.8, 4) is 5.75 Å². The van der Waals surface area contributed by atoms with Crippen LogP contribution >= 0.6 is 0 Å². The zero-order valence-electron chi connectivity index (χ0n) is 11.1. The Balaban J connectivity index is 2.69. The lowest BCUT2D eigenvalue weighted by atomic mass is 10.00. The second-order valence-corrected chi connectivity index (χ2v) is 4.58. The van der Waals surface area contributed by atoms with Crippen molar-refractivity contribution >= 4 is 16.8 Å². The lowest BCUT2D eigenvalue weighted by molar-refractivity contribution is 0.414. The maximum absolute atomic E-state index is 5.91. The van der Waals surface area contributed by atoms with Gasteiger partial charge in [-0.3, -0.25) is 0 Å². The Morgan fingerprint density at radius 2 is 1.94 bits per heavy atom. The van der Waals surface area contributed by atoms with Crippen LogP contribution in [0.2, 0.25) is 0 Å². The highest BCUT2D eigenvalue weighted by Crippen LogP contribution is 2.30. The van der Waals surface area contributed by atoms with Gasteiger partial charge in [-0.15, -0.1) is 0 Å². The highest BCUT2D eigenvalue weighted by atomic mass is 16.5. The van der Waals surface area contributed by atoms with E-state index in [1.54, 1.807) is 7.11 Å². The molecule has 0 aliphatic rings. The zero-order valence-corrected chi connectivity index (χ0v) is 11.1. The van der Waals surface area contributed by atoms with E-state index < -0.39 is 0 Å². The first-order valence-corrected chi connectivity index (χ1v) is 6.13. The van der Waals surface area contributed by atoms with Gasteiger partial charge in [-0.25, -0.2) is 0 Å². The lowest BCUT2D eigenvalue weighted by Crippen LogP contribution is -2.15. The Bertz CT molecular complexity index is 585. The first-order valence-electron chi connectivity index (χ1n) is 6.13. The number of rotatable bonds is 3. The van der Waals surface area contributed by atoms with Crippen molar-refractivity contribution in [1.29, 1.82) is 0 Å². The third-order valence-corrected chi connectivity index (χ3v) is 3.24. The molecular formula is C16H19NO. The van der Waals surface area contributed by atoms with Crippen molar-refractivity contribution in [2.24, 2.45) is 5.73 Å². The molecule has 2 aromatic carbocycles. The number of nitrogens with two attached hydrogens (primary N) is 1. The Morgan fingerprint density at radius 1 is 1.22 bits per heavy atom. The maximum Gasteiger partial charge on any atom is 0.126 e. The molecule has 1 unspecified atom stereocenters. The zero-order chi connectivity index (χ0) is 13.1. The SMILES string of the molecule is COc1ccc2ccccc2c1/C=C(/C)C(C)N. The average Bonchev–Trinajstić information content (AvgIpc) is 2.39. The maximum atomic E-state index is 5.91. The van der Waals surface area contributed by atoms with Crippen molar-refractivity contribution < 1.29 is 4.74 Å². The molecule has 2 N–H and O–H groups in total. The van der Waals surface area contributed by atoms with Crippen molar-refractivity contribution in [3.05, 3.63) is 47.5 Å². The van der Waals surface area contributed by atoms with Gasteiger partial charge in [0, 0.05) is 11.6 Å². The molecule has 0 saturated heterocycles. The summed E-state index contributed by atoms with van der Waals surface area (Å²) in [6, 6.07) is 12.4. The van der Waals surface area contributed by atoms with Gasteiger partial charge < -0.3 is 10.5 Å². The van der Waals surface area contributed by atoms with Gasteiger partial charge in [-0.2, -0.15) is 0 Å². The normalized spacial score (nSPS) is 13.7. The van der Waals surface area contributed by atoms with E-state index in [1.807, 2.05) is 32.0 Å². The largest absolute Gasteiger partial charge is 0.496 e. The molecule has 2 rings (SSSR count). The molecule has 0 amide bonds. The highest BCUT2D eigenvalue weighted by Gasteiger charge is 2.07. The monoisotopic (exact) mass is 241 g/mol. The molecule has 0 bridgehead atoms. The summed E-state index contributed by atoms with van der Waals surface area (Å²) in [5.41, 5.74) is 8.16. The number of hydrogen-bond donors (Lipinski definition) is 1. The van der Waals surface area contributed by atoms with E-state index in [9.17, 15) is 0 Å². The van der Waals surface area contributed by atoms with Crippen molar-refractivity contribution in [1.82, 2.24) is 0 Å². The predicted octanol–water partition coefficient (Wildman–Crippen LogP) is 3.60. The molecule has 0 aliphatic heterocycles. The molecule has 0 heterocycles. The highest BCUT2D eigenvalue weighted by molar-refractivity contribution is 5.93. The molecule has 1 atom stereocenters. The first kappa shape index (κ1) is 12.7. The summed E-state index contributed by atoms with van der Waals surface area (Å²) in [6.07, 6.45) is 2.12. The number of ether oxygens (including phenoxy) is 1. The van der Waals surface area contributed by atoms with Gasteiger partial charge in [0.05, 0.1) is 7.11 Å². The Labute approximate surface area is 108 Å². The standard InChI is InChI=1S/C16H19NO/c1-11(12(2)17)10-15-14-7-5-4-6-13(14)8-9-16(15)18-3/h4-10,12H,17H2,1-3H3/b11-10-. The van der Waals surface area contributed by atoms with Gasteiger partial charge in [0.2, 0.25) is 0 Å². The van der Waals surface area contributed by atoms with E-state index in [-0.39, 0.29) is 6.04 Å². The first-order chi connectivity index (χ1) is 8.63. The van der Waals surface area contributed by atoms with Crippen LogP contribution in [0.15, 0.2) is 42.0 Å². The van der Waals surface area contributed by atoms with Crippen LogP contribution in [0.3, 0.4) is 0 Å². The van der Waals surface area contributed by atoms with E-state index in [4.69, 9.17) is 10.5 Å². The van der Waals surface area contributed by atoms with Crippen molar-refractivity contribution in [2.45, 2.75) is 19.9 Å². The minimum Gasteiger partial charge on any atom is -0.496 e. The molecule has 2 heteroatoms. The van der Waals surface area contributed by atoms with Gasteiger partial charge in [-0.05, 0) is 30.7 Å². The van der Waals surface area contributed by atoms with Gasteiger partial charge in [0.15, 0.2) is 0 Å². The molecule has 0 aromatic heterocycles. The number of hydrogen-bond acceptors (Lipinski definition) is 2. The van der Waals surface area contributed by atoms with Crippen LogP contribution in [0.1, 0.15) is 19.4 Å². The van der Waals surface area contributed by atoms with Gasteiger partial charge >= 0.3 is 0 Å². The van der Waals surface area contributed by atoms with Gasteiger partial charge in [0.1, 0.15) is 5.75 Å². The molecule has 94 valence electrons. The molecule has 2 aromatic rings. The van der Waals surface area contributed by atoms with Gasteiger partial charge in [-0.1, -0.05) is 42.0 Å². The fourth-order valence-corrected chi connectivity index (χ4v) is 1.96. The third kappa shape index (κ3) is 2.39. The van der Waals surface area contributed by atoms with E-state index in [0.29, 0.717) is 0 Å². The van der Waals surface area contributed by atoms with Crippen LogP contribution in [-0.2, 0) is 0 Å². The molecule has 0 fully saturated rings. The summed E-state index contributed by atoms with van der Waals surface area (Å²) in [5.74, 6) is 0.883. The number of benzene rings is 2. The molecule has 0 spiro atoms. The molecule has 0 radical (unpaired) electrons.